The molecule has 0 aliphatic heterocycles. The number of aryl methyl sites for hydroxylation is 1. The molecule has 0 aliphatic carbocycles. The molecule has 1 N–H and O–H groups in total. The highest BCUT2D eigenvalue weighted by Gasteiger charge is 2.09. The molecule has 1 heterocycles. The van der Waals surface area contributed by atoms with Crippen LogP contribution in [0.3, 0.4) is 0 Å². The molecule has 0 aliphatic rings. The molecule has 0 saturated heterocycles. The molecule has 1 rings (SSSR count). The molecule has 1 aromatic rings. The van der Waals surface area contributed by atoms with E-state index in [9.17, 15) is 0 Å². The summed E-state index contributed by atoms with van der Waals surface area (Å²) in [6, 6.07) is 0.465. The summed E-state index contributed by atoms with van der Waals surface area (Å²) >= 11 is 1.71. The van der Waals surface area contributed by atoms with Crippen LogP contribution in [-0.2, 0) is 6.42 Å². The number of likely N-dealkylation sites (N-methyl/N-ethyl adjacent to an activating group) is 1. The van der Waals surface area contributed by atoms with Gasteiger partial charge in [0.05, 0.1) is 10.7 Å². The van der Waals surface area contributed by atoms with E-state index in [0.29, 0.717) is 6.04 Å². The Morgan fingerprint density at radius 2 is 2.47 bits per heavy atom. The van der Waals surface area contributed by atoms with Crippen LogP contribution >= 0.6 is 11.3 Å². The Balaban J connectivity index is 2.47. The molecule has 0 spiro atoms. The normalized spacial score (nSPS) is 12.3. The molecule has 82 valence electrons. The standard InChI is InChI=1S/C12H18N2S/c1-4-6-7-11(13-5-2)8-12-9-15-10(3)14-12/h1,9,11,13H,5-8H2,2-3H3. The molecule has 0 amide bonds. The Hall–Kier alpha value is -0.850. The molecule has 1 unspecified atom stereocenters. The molecule has 3 heteroatoms. The Kier molecular flexibility index (Phi) is 5.38. The number of hydrogen-bond acceptors (Lipinski definition) is 3. The molecule has 15 heavy (non-hydrogen) atoms. The van der Waals surface area contributed by atoms with Crippen LogP contribution in [-0.4, -0.2) is 17.6 Å². The number of rotatable bonds is 6. The lowest BCUT2D eigenvalue weighted by Crippen LogP contribution is -2.30. The van der Waals surface area contributed by atoms with Gasteiger partial charge in [-0.15, -0.1) is 23.7 Å². The first-order valence-corrected chi connectivity index (χ1v) is 6.22. The van der Waals surface area contributed by atoms with Crippen molar-refractivity contribution >= 4 is 11.3 Å². The van der Waals surface area contributed by atoms with Crippen LogP contribution in [0.4, 0.5) is 0 Å². The molecule has 0 fully saturated rings. The lowest BCUT2D eigenvalue weighted by atomic mass is 10.1. The lowest BCUT2D eigenvalue weighted by Gasteiger charge is -2.15. The van der Waals surface area contributed by atoms with Gasteiger partial charge in [-0.05, 0) is 19.9 Å². The molecule has 0 saturated carbocycles. The third kappa shape index (κ3) is 4.46. The Bertz CT molecular complexity index is 325. The Labute approximate surface area is 96.1 Å². The minimum Gasteiger partial charge on any atom is -0.314 e. The Morgan fingerprint density at radius 1 is 1.67 bits per heavy atom. The van der Waals surface area contributed by atoms with Gasteiger partial charge in [-0.1, -0.05) is 6.92 Å². The highest BCUT2D eigenvalue weighted by molar-refractivity contribution is 7.09. The van der Waals surface area contributed by atoms with Crippen LogP contribution in [0.2, 0.25) is 0 Å². The van der Waals surface area contributed by atoms with E-state index in [4.69, 9.17) is 6.42 Å². The van der Waals surface area contributed by atoms with Crippen molar-refractivity contribution in [1.29, 1.82) is 0 Å². The average molecular weight is 222 g/mol. The van der Waals surface area contributed by atoms with Crippen LogP contribution < -0.4 is 5.32 Å². The highest BCUT2D eigenvalue weighted by atomic mass is 32.1. The topological polar surface area (TPSA) is 24.9 Å². The monoisotopic (exact) mass is 222 g/mol. The van der Waals surface area contributed by atoms with Crippen LogP contribution in [0.1, 0.15) is 30.5 Å². The van der Waals surface area contributed by atoms with Gasteiger partial charge in [-0.3, -0.25) is 0 Å². The quantitative estimate of drug-likeness (QED) is 0.748. The second-order valence-corrected chi connectivity index (χ2v) is 4.62. The maximum atomic E-state index is 5.28. The summed E-state index contributed by atoms with van der Waals surface area (Å²) in [5.41, 5.74) is 1.18. The molecule has 0 bridgehead atoms. The zero-order valence-electron chi connectivity index (χ0n) is 9.42. The van der Waals surface area contributed by atoms with Gasteiger partial charge in [-0.25, -0.2) is 4.98 Å². The summed E-state index contributed by atoms with van der Waals surface area (Å²) in [4.78, 5) is 4.47. The number of nitrogens with zero attached hydrogens (tertiary/aromatic N) is 1. The molecule has 0 radical (unpaired) electrons. The fourth-order valence-corrected chi connectivity index (χ4v) is 2.20. The van der Waals surface area contributed by atoms with Gasteiger partial charge in [0.25, 0.3) is 0 Å². The van der Waals surface area contributed by atoms with Crippen LogP contribution in [0.15, 0.2) is 5.38 Å². The van der Waals surface area contributed by atoms with Gasteiger partial charge in [0.15, 0.2) is 0 Å². The fourth-order valence-electron chi connectivity index (χ4n) is 1.58. The largest absolute Gasteiger partial charge is 0.314 e. The van der Waals surface area contributed by atoms with Crippen LogP contribution in [0, 0.1) is 19.3 Å². The predicted octanol–water partition coefficient (Wildman–Crippen LogP) is 2.39. The molecular formula is C12H18N2S. The van der Waals surface area contributed by atoms with E-state index >= 15 is 0 Å². The van der Waals surface area contributed by atoms with Gasteiger partial charge in [0, 0.05) is 24.3 Å². The predicted molar refractivity (Wildman–Crippen MR) is 66.1 cm³/mol. The van der Waals surface area contributed by atoms with Crippen molar-refractivity contribution in [3.05, 3.63) is 16.1 Å². The van der Waals surface area contributed by atoms with E-state index in [1.807, 2.05) is 6.92 Å². The number of nitrogens with one attached hydrogen (secondary N) is 1. The third-order valence-electron chi connectivity index (χ3n) is 2.25. The summed E-state index contributed by atoms with van der Waals surface area (Å²) in [7, 11) is 0. The summed E-state index contributed by atoms with van der Waals surface area (Å²) in [5.74, 6) is 2.69. The van der Waals surface area contributed by atoms with Crippen LogP contribution in [0.5, 0.6) is 0 Å². The van der Waals surface area contributed by atoms with Crippen molar-refractivity contribution in [2.24, 2.45) is 0 Å². The first-order valence-electron chi connectivity index (χ1n) is 5.34. The first-order chi connectivity index (χ1) is 7.26. The zero-order valence-corrected chi connectivity index (χ0v) is 10.2. The van der Waals surface area contributed by atoms with Crippen molar-refractivity contribution < 1.29 is 0 Å². The fraction of sp³-hybridized carbons (Fsp3) is 0.583. The summed E-state index contributed by atoms with van der Waals surface area (Å²) in [6.45, 7) is 5.14. The molecule has 2 nitrogen and oxygen atoms in total. The van der Waals surface area contributed by atoms with E-state index in [1.165, 1.54) is 5.69 Å². The summed E-state index contributed by atoms with van der Waals surface area (Å²) < 4.78 is 0. The van der Waals surface area contributed by atoms with Gasteiger partial charge in [0.1, 0.15) is 0 Å². The molecule has 0 aromatic carbocycles. The van der Waals surface area contributed by atoms with Crippen molar-refractivity contribution in [2.45, 2.75) is 39.2 Å². The molecule has 1 aromatic heterocycles. The highest BCUT2D eigenvalue weighted by Crippen LogP contribution is 2.11. The third-order valence-corrected chi connectivity index (χ3v) is 3.07. The van der Waals surface area contributed by atoms with E-state index in [2.05, 4.69) is 28.5 Å². The van der Waals surface area contributed by atoms with Gasteiger partial charge >= 0.3 is 0 Å². The molecular weight excluding hydrogens is 204 g/mol. The van der Waals surface area contributed by atoms with Crippen molar-refractivity contribution in [1.82, 2.24) is 10.3 Å². The number of hydrogen-bond donors (Lipinski definition) is 1. The zero-order chi connectivity index (χ0) is 11.1. The van der Waals surface area contributed by atoms with Gasteiger partial charge in [0.2, 0.25) is 0 Å². The SMILES string of the molecule is C#CCCC(Cc1csc(C)n1)NCC. The molecule has 1 atom stereocenters. The van der Waals surface area contributed by atoms with E-state index in [0.717, 1.165) is 30.8 Å². The van der Waals surface area contributed by atoms with Crippen molar-refractivity contribution in [3.8, 4) is 12.3 Å². The summed E-state index contributed by atoms with van der Waals surface area (Å²) in [6.07, 6.45) is 8.13. The van der Waals surface area contributed by atoms with Gasteiger partial charge < -0.3 is 5.32 Å². The number of terminal acetylenes is 1. The Morgan fingerprint density at radius 3 is 3.00 bits per heavy atom. The van der Waals surface area contributed by atoms with Crippen molar-refractivity contribution in [3.63, 3.8) is 0 Å². The van der Waals surface area contributed by atoms with E-state index in [-0.39, 0.29) is 0 Å². The minimum absolute atomic E-state index is 0.465. The minimum atomic E-state index is 0.465. The first kappa shape index (κ1) is 12.2. The van der Waals surface area contributed by atoms with E-state index < -0.39 is 0 Å². The summed E-state index contributed by atoms with van der Waals surface area (Å²) in [5, 5.41) is 6.71. The number of thiazole rings is 1. The average Bonchev–Trinajstić information content (AvgIpc) is 2.61. The number of aromatic nitrogens is 1. The lowest BCUT2D eigenvalue weighted by molar-refractivity contribution is 0.493. The van der Waals surface area contributed by atoms with Gasteiger partial charge in [-0.2, -0.15) is 0 Å². The maximum absolute atomic E-state index is 5.28. The maximum Gasteiger partial charge on any atom is 0.0897 e. The smallest absolute Gasteiger partial charge is 0.0897 e. The van der Waals surface area contributed by atoms with E-state index in [1.54, 1.807) is 11.3 Å². The van der Waals surface area contributed by atoms with Crippen LogP contribution in [0.25, 0.3) is 0 Å². The second kappa shape index (κ2) is 6.60. The van der Waals surface area contributed by atoms with Crippen molar-refractivity contribution in [2.75, 3.05) is 6.54 Å². The second-order valence-electron chi connectivity index (χ2n) is 3.56.